The molecule has 29 heavy (non-hydrogen) atoms. The van der Waals surface area contributed by atoms with E-state index in [2.05, 4.69) is 41.7 Å². The number of halogens is 1. The second-order valence-electron chi connectivity index (χ2n) is 8.07. The molecule has 1 fully saturated rings. The zero-order valence-corrected chi connectivity index (χ0v) is 17.8. The average molecular weight is 408 g/mol. The molecule has 0 unspecified atom stereocenters. The first-order chi connectivity index (χ1) is 14.3. The summed E-state index contributed by atoms with van der Waals surface area (Å²) in [7, 11) is 0. The van der Waals surface area contributed by atoms with E-state index in [1.165, 1.54) is 61.3 Å². The van der Waals surface area contributed by atoms with Crippen molar-refractivity contribution in [2.45, 2.75) is 64.1 Å². The van der Waals surface area contributed by atoms with Crippen molar-refractivity contribution >= 4 is 22.4 Å². The smallest absolute Gasteiger partial charge is 0.124 e. The first kappa shape index (κ1) is 20.3. The second-order valence-corrected chi connectivity index (χ2v) is 8.47. The Bertz CT molecular complexity index is 931. The van der Waals surface area contributed by atoms with Crippen molar-refractivity contribution in [3.63, 3.8) is 0 Å². The number of fused-ring (bicyclic) bond motifs is 1. The van der Waals surface area contributed by atoms with Crippen LogP contribution in [0.4, 0.5) is 0 Å². The zero-order chi connectivity index (χ0) is 19.9. The van der Waals surface area contributed by atoms with E-state index in [-0.39, 0.29) is 0 Å². The fraction of sp³-hybridized carbons (Fsp3) is 0.385. The molecule has 0 atom stereocenters. The monoisotopic (exact) mass is 407 g/mol. The number of rotatable bonds is 6. The molecule has 0 heterocycles. The predicted octanol–water partition coefficient (Wildman–Crippen LogP) is 7.27. The summed E-state index contributed by atoms with van der Waals surface area (Å²) in [6.45, 7) is 1.32. The third-order valence-corrected chi connectivity index (χ3v) is 6.38. The van der Waals surface area contributed by atoms with Gasteiger partial charge >= 0.3 is 0 Å². The molecule has 1 N–H and O–H groups in total. The van der Waals surface area contributed by atoms with Gasteiger partial charge in [0.2, 0.25) is 0 Å². The van der Waals surface area contributed by atoms with Crippen LogP contribution in [0.3, 0.4) is 0 Å². The normalized spacial score (nSPS) is 15.8. The molecule has 0 spiro atoms. The van der Waals surface area contributed by atoms with E-state index in [0.717, 1.165) is 22.9 Å². The number of benzene rings is 3. The van der Waals surface area contributed by atoms with Crippen LogP contribution < -0.4 is 10.1 Å². The van der Waals surface area contributed by atoms with Gasteiger partial charge in [-0.1, -0.05) is 92.2 Å². The largest absolute Gasteiger partial charge is 0.488 e. The maximum absolute atomic E-state index is 6.32. The minimum absolute atomic E-state index is 0.481. The average Bonchev–Trinajstić information content (AvgIpc) is 2.73. The van der Waals surface area contributed by atoms with Crippen LogP contribution in [0, 0.1) is 0 Å². The Morgan fingerprint density at radius 3 is 2.38 bits per heavy atom. The lowest BCUT2D eigenvalue weighted by molar-refractivity contribution is 0.301. The maximum Gasteiger partial charge on any atom is 0.124 e. The minimum Gasteiger partial charge on any atom is -0.488 e. The van der Waals surface area contributed by atoms with Crippen molar-refractivity contribution in [3.8, 4) is 5.75 Å². The summed E-state index contributed by atoms with van der Waals surface area (Å²) in [6, 6.07) is 21.3. The molecule has 2 nitrogen and oxygen atoms in total. The standard InChI is InChI=1S/C26H30ClNO/c27-25-15-9-7-11-21(25)19-29-26-17-16-20-10-6-8-14-23(20)24(26)18-28-22-12-4-2-1-3-5-13-22/h6-11,14-17,22,28H,1-5,12-13,18-19H2. The number of hydrogen-bond acceptors (Lipinski definition) is 2. The third-order valence-electron chi connectivity index (χ3n) is 6.01. The molecule has 4 rings (SSSR count). The summed E-state index contributed by atoms with van der Waals surface area (Å²) in [5, 5.41) is 7.12. The highest BCUT2D eigenvalue weighted by molar-refractivity contribution is 6.31. The second kappa shape index (κ2) is 10.1. The highest BCUT2D eigenvalue weighted by Crippen LogP contribution is 2.30. The minimum atomic E-state index is 0.481. The van der Waals surface area contributed by atoms with E-state index < -0.39 is 0 Å². The molecule has 1 saturated carbocycles. The van der Waals surface area contributed by atoms with Crippen molar-refractivity contribution in [1.29, 1.82) is 0 Å². The van der Waals surface area contributed by atoms with Gasteiger partial charge in [0.15, 0.2) is 0 Å². The van der Waals surface area contributed by atoms with Crippen LogP contribution >= 0.6 is 11.6 Å². The molecule has 0 aliphatic heterocycles. The Hall–Kier alpha value is -2.03. The molecule has 3 aromatic rings. The maximum atomic E-state index is 6.32. The molecule has 3 heteroatoms. The van der Waals surface area contributed by atoms with Crippen molar-refractivity contribution < 1.29 is 4.74 Å². The lowest BCUT2D eigenvalue weighted by atomic mass is 9.96. The van der Waals surface area contributed by atoms with Gasteiger partial charge in [0.25, 0.3) is 0 Å². The van der Waals surface area contributed by atoms with Crippen molar-refractivity contribution in [3.05, 3.63) is 76.8 Å². The number of ether oxygens (including phenoxy) is 1. The molecule has 0 radical (unpaired) electrons. The van der Waals surface area contributed by atoms with E-state index in [1.807, 2.05) is 24.3 Å². The molecular weight excluding hydrogens is 378 g/mol. The van der Waals surface area contributed by atoms with E-state index >= 15 is 0 Å². The topological polar surface area (TPSA) is 21.3 Å². The summed E-state index contributed by atoms with van der Waals surface area (Å²) in [5.74, 6) is 0.946. The van der Waals surface area contributed by atoms with Crippen molar-refractivity contribution in [1.82, 2.24) is 5.32 Å². The Morgan fingerprint density at radius 2 is 1.55 bits per heavy atom. The van der Waals surface area contributed by atoms with Crippen molar-refractivity contribution in [2.24, 2.45) is 0 Å². The summed E-state index contributed by atoms with van der Waals surface area (Å²) >= 11 is 6.32. The highest BCUT2D eigenvalue weighted by Gasteiger charge is 2.14. The molecule has 1 aliphatic carbocycles. The van der Waals surface area contributed by atoms with Gasteiger partial charge in [0, 0.05) is 28.7 Å². The Balaban J connectivity index is 1.54. The summed E-state index contributed by atoms with van der Waals surface area (Å²) in [6.07, 6.45) is 9.38. The number of nitrogens with one attached hydrogen (secondary N) is 1. The van der Waals surface area contributed by atoms with Gasteiger partial charge in [-0.15, -0.1) is 0 Å². The van der Waals surface area contributed by atoms with E-state index in [0.29, 0.717) is 12.6 Å². The third kappa shape index (κ3) is 5.32. The first-order valence-electron chi connectivity index (χ1n) is 10.9. The fourth-order valence-corrected chi connectivity index (χ4v) is 4.50. The molecule has 0 aromatic heterocycles. The molecular formula is C26H30ClNO. The van der Waals surface area contributed by atoms with Crippen LogP contribution in [0.15, 0.2) is 60.7 Å². The Labute approximate surface area is 179 Å². The van der Waals surface area contributed by atoms with Gasteiger partial charge in [-0.05, 0) is 35.7 Å². The Morgan fingerprint density at radius 1 is 0.828 bits per heavy atom. The van der Waals surface area contributed by atoms with Gasteiger partial charge in [-0.2, -0.15) is 0 Å². The van der Waals surface area contributed by atoms with E-state index in [1.54, 1.807) is 0 Å². The lowest BCUT2D eigenvalue weighted by Gasteiger charge is -2.22. The molecule has 0 bridgehead atoms. The van der Waals surface area contributed by atoms with E-state index in [9.17, 15) is 0 Å². The lowest BCUT2D eigenvalue weighted by Crippen LogP contribution is -2.29. The van der Waals surface area contributed by atoms with Crippen LogP contribution in [0.25, 0.3) is 10.8 Å². The molecule has 152 valence electrons. The summed E-state index contributed by atoms with van der Waals surface area (Å²) in [5.41, 5.74) is 2.26. The van der Waals surface area contributed by atoms with Crippen molar-refractivity contribution in [2.75, 3.05) is 0 Å². The van der Waals surface area contributed by atoms with E-state index in [4.69, 9.17) is 16.3 Å². The fourth-order valence-electron chi connectivity index (χ4n) is 4.31. The summed E-state index contributed by atoms with van der Waals surface area (Å²) < 4.78 is 6.27. The van der Waals surface area contributed by atoms with Gasteiger partial charge in [0.1, 0.15) is 12.4 Å². The SMILES string of the molecule is Clc1ccccc1COc1ccc2ccccc2c1CNC1CCCCCCC1. The zero-order valence-electron chi connectivity index (χ0n) is 17.0. The van der Waals surface area contributed by atoms with Crippen LogP contribution in [0.2, 0.25) is 5.02 Å². The predicted molar refractivity (Wildman–Crippen MR) is 123 cm³/mol. The van der Waals surface area contributed by atoms with Crippen LogP contribution in [0.5, 0.6) is 5.75 Å². The van der Waals surface area contributed by atoms with Crippen LogP contribution in [0.1, 0.15) is 56.1 Å². The van der Waals surface area contributed by atoms with Crippen LogP contribution in [-0.4, -0.2) is 6.04 Å². The molecule has 0 amide bonds. The quantitative estimate of drug-likeness (QED) is 0.463. The number of hydrogen-bond donors (Lipinski definition) is 1. The van der Waals surface area contributed by atoms with Gasteiger partial charge < -0.3 is 10.1 Å². The first-order valence-corrected chi connectivity index (χ1v) is 11.3. The Kier molecular flexibility index (Phi) is 7.08. The van der Waals surface area contributed by atoms with Gasteiger partial charge in [0.05, 0.1) is 0 Å². The van der Waals surface area contributed by atoms with Gasteiger partial charge in [-0.3, -0.25) is 0 Å². The summed E-state index contributed by atoms with van der Waals surface area (Å²) in [4.78, 5) is 0. The van der Waals surface area contributed by atoms with Gasteiger partial charge in [-0.25, -0.2) is 0 Å². The molecule has 3 aromatic carbocycles. The molecule has 1 aliphatic rings. The van der Waals surface area contributed by atoms with Crippen LogP contribution in [-0.2, 0) is 13.2 Å². The molecule has 0 saturated heterocycles. The highest BCUT2D eigenvalue weighted by atomic mass is 35.5.